The number of benzene rings is 3. The summed E-state index contributed by atoms with van der Waals surface area (Å²) < 4.78 is 5.55. The minimum absolute atomic E-state index is 0.0672. The van der Waals surface area contributed by atoms with Gasteiger partial charge in [0, 0.05) is 16.3 Å². The van der Waals surface area contributed by atoms with Crippen molar-refractivity contribution in [2.75, 3.05) is 11.9 Å². The van der Waals surface area contributed by atoms with Gasteiger partial charge in [0.1, 0.15) is 0 Å². The molecule has 2 amide bonds. The Labute approximate surface area is 249 Å². The van der Waals surface area contributed by atoms with E-state index in [2.05, 4.69) is 10.4 Å². The number of anilines is 1. The summed E-state index contributed by atoms with van der Waals surface area (Å²) in [4.78, 5) is 38.0. The second-order valence-corrected chi connectivity index (χ2v) is 11.7. The Bertz CT molecular complexity index is 1530. The molecule has 3 aromatic rings. The number of fused-ring (bicyclic) bond motifs is 1. The van der Waals surface area contributed by atoms with Gasteiger partial charge in [0.05, 0.1) is 18.4 Å². The van der Waals surface area contributed by atoms with Gasteiger partial charge in [-0.3, -0.25) is 14.4 Å². The van der Waals surface area contributed by atoms with E-state index in [1.807, 2.05) is 42.5 Å². The summed E-state index contributed by atoms with van der Waals surface area (Å²) >= 11 is 5.99. The van der Waals surface area contributed by atoms with Crippen LogP contribution in [0.15, 0.2) is 71.8 Å². The van der Waals surface area contributed by atoms with Crippen LogP contribution in [0.25, 0.3) is 0 Å². The van der Waals surface area contributed by atoms with Crippen LogP contribution in [-0.2, 0) is 38.5 Å². The molecule has 2 atom stereocenters. The number of rotatable bonds is 8. The quantitative estimate of drug-likeness (QED) is 0.349. The summed E-state index contributed by atoms with van der Waals surface area (Å²) in [7, 11) is 0. The monoisotopic (exact) mass is 585 g/mol. The van der Waals surface area contributed by atoms with Crippen molar-refractivity contribution in [1.29, 1.82) is 0 Å². The van der Waals surface area contributed by atoms with Crippen LogP contribution in [0.1, 0.15) is 59.4 Å². The van der Waals surface area contributed by atoms with Gasteiger partial charge in [-0.15, -0.1) is 5.10 Å². The van der Waals surface area contributed by atoms with Crippen molar-refractivity contribution in [2.45, 2.75) is 51.0 Å². The molecule has 0 saturated heterocycles. The molecule has 0 bridgehead atoms. The molecule has 3 aromatic carbocycles. The van der Waals surface area contributed by atoms with Gasteiger partial charge in [-0.05, 0) is 84.2 Å². The average Bonchev–Trinajstić information content (AvgIpc) is 3.67. The van der Waals surface area contributed by atoms with Gasteiger partial charge in [0.25, 0.3) is 5.91 Å². The summed E-state index contributed by atoms with van der Waals surface area (Å²) in [6.45, 7) is 0.181. The van der Waals surface area contributed by atoms with Crippen LogP contribution in [0.3, 0.4) is 0 Å². The summed E-state index contributed by atoms with van der Waals surface area (Å²) in [5.74, 6) is -1.30. The molecule has 2 unspecified atom stereocenters. The van der Waals surface area contributed by atoms with E-state index in [9.17, 15) is 19.5 Å². The minimum atomic E-state index is -0.807. The van der Waals surface area contributed by atoms with E-state index >= 15 is 0 Å². The molecule has 0 radical (unpaired) electrons. The molecule has 0 spiro atoms. The van der Waals surface area contributed by atoms with Crippen LogP contribution in [0.5, 0.6) is 0 Å². The molecule has 0 aromatic heterocycles. The number of nitrogens with zero attached hydrogens (tertiary/aromatic N) is 2. The summed E-state index contributed by atoms with van der Waals surface area (Å²) in [5, 5.41) is 19.1. The number of nitrogens with one attached hydrogen (secondary N) is 1. The Morgan fingerprint density at radius 1 is 1.02 bits per heavy atom. The SMILES string of the molecule is O=C(O)C1Cc2cccc(NC(=O)C(c3ccc(CN4N=C(c5ccc(Cl)cc5)OCC4=O)cc3)C3CCCC3)c2C1. The normalized spacial score (nSPS) is 19.2. The van der Waals surface area contributed by atoms with Crippen molar-refractivity contribution >= 4 is 41.0 Å². The van der Waals surface area contributed by atoms with Gasteiger partial charge in [-0.1, -0.05) is 60.8 Å². The molecular weight excluding hydrogens is 554 g/mol. The number of carboxylic acids is 1. The van der Waals surface area contributed by atoms with E-state index < -0.39 is 11.9 Å². The summed E-state index contributed by atoms with van der Waals surface area (Å²) in [6, 6.07) is 20.6. The zero-order chi connectivity index (χ0) is 29.2. The number of ether oxygens (including phenoxy) is 1. The molecule has 1 saturated carbocycles. The van der Waals surface area contributed by atoms with Gasteiger partial charge >= 0.3 is 5.97 Å². The van der Waals surface area contributed by atoms with Crippen molar-refractivity contribution in [3.63, 3.8) is 0 Å². The Balaban J connectivity index is 1.20. The van der Waals surface area contributed by atoms with Crippen LogP contribution in [0.4, 0.5) is 5.69 Å². The van der Waals surface area contributed by atoms with Crippen LogP contribution < -0.4 is 5.32 Å². The van der Waals surface area contributed by atoms with E-state index in [1.165, 1.54) is 5.01 Å². The molecular formula is C33H32ClN3O5. The zero-order valence-corrected chi connectivity index (χ0v) is 23.8. The van der Waals surface area contributed by atoms with Crippen LogP contribution in [0, 0.1) is 11.8 Å². The van der Waals surface area contributed by atoms with Crippen molar-refractivity contribution in [3.8, 4) is 0 Å². The highest BCUT2D eigenvalue weighted by atomic mass is 35.5. The maximum atomic E-state index is 13.8. The molecule has 9 heteroatoms. The fourth-order valence-electron chi connectivity index (χ4n) is 6.34. The molecule has 6 rings (SSSR count). The molecule has 1 heterocycles. The molecule has 1 fully saturated rings. The number of hydrogen-bond donors (Lipinski definition) is 2. The number of amides is 2. The van der Waals surface area contributed by atoms with Crippen molar-refractivity contribution in [3.05, 3.63) is 99.6 Å². The second kappa shape index (κ2) is 12.0. The van der Waals surface area contributed by atoms with Gasteiger partial charge in [0.2, 0.25) is 11.8 Å². The fraction of sp³-hybridized carbons (Fsp3) is 0.333. The molecule has 3 aliphatic rings. The first-order valence-electron chi connectivity index (χ1n) is 14.4. The topological polar surface area (TPSA) is 108 Å². The molecule has 2 aliphatic carbocycles. The largest absolute Gasteiger partial charge is 0.481 e. The molecule has 1 aliphatic heterocycles. The van der Waals surface area contributed by atoms with E-state index in [4.69, 9.17) is 16.3 Å². The van der Waals surface area contributed by atoms with Gasteiger partial charge in [-0.25, -0.2) is 5.01 Å². The van der Waals surface area contributed by atoms with Gasteiger partial charge < -0.3 is 15.2 Å². The highest BCUT2D eigenvalue weighted by molar-refractivity contribution is 6.30. The fourth-order valence-corrected chi connectivity index (χ4v) is 6.47. The minimum Gasteiger partial charge on any atom is -0.481 e. The summed E-state index contributed by atoms with van der Waals surface area (Å²) in [5.41, 5.74) is 5.17. The van der Waals surface area contributed by atoms with Crippen LogP contribution in [0.2, 0.25) is 5.02 Å². The van der Waals surface area contributed by atoms with Gasteiger partial charge in [0.15, 0.2) is 6.61 Å². The average molecular weight is 586 g/mol. The first-order valence-corrected chi connectivity index (χ1v) is 14.7. The van der Waals surface area contributed by atoms with E-state index in [0.29, 0.717) is 29.4 Å². The molecule has 8 nitrogen and oxygen atoms in total. The lowest BCUT2D eigenvalue weighted by Gasteiger charge is -2.25. The highest BCUT2D eigenvalue weighted by Crippen LogP contribution is 2.39. The molecule has 216 valence electrons. The highest BCUT2D eigenvalue weighted by Gasteiger charge is 2.34. The Morgan fingerprint density at radius 3 is 2.48 bits per heavy atom. The number of carboxylic acid groups (broad SMARTS) is 1. The molecule has 42 heavy (non-hydrogen) atoms. The number of halogens is 1. The standard InChI is InChI=1S/C33H32ClN3O5/c34-26-14-12-23(13-15-26)32-36-37(29(38)19-42-32)18-20-8-10-22(11-9-20)30(21-4-1-2-5-21)31(39)35-28-7-3-6-24-16-25(33(40)41)17-27(24)28/h3,6-15,21,25,30H,1-2,4-5,16-19H2,(H,35,39)(H,40,41). The predicted octanol–water partition coefficient (Wildman–Crippen LogP) is 5.77. The van der Waals surface area contributed by atoms with Crippen LogP contribution >= 0.6 is 11.6 Å². The molecule has 2 N–H and O–H groups in total. The lowest BCUT2D eigenvalue weighted by Crippen LogP contribution is -2.36. The first-order chi connectivity index (χ1) is 20.4. The van der Waals surface area contributed by atoms with E-state index in [-0.39, 0.29) is 36.8 Å². The van der Waals surface area contributed by atoms with Crippen molar-refractivity contribution in [1.82, 2.24) is 5.01 Å². The third kappa shape index (κ3) is 5.90. The third-order valence-corrected chi connectivity index (χ3v) is 8.80. The Hall–Kier alpha value is -4.17. The number of carbonyl (C=O) groups excluding carboxylic acids is 2. The van der Waals surface area contributed by atoms with E-state index in [1.54, 1.807) is 24.3 Å². The second-order valence-electron chi connectivity index (χ2n) is 11.3. The zero-order valence-electron chi connectivity index (χ0n) is 23.1. The number of hydrazone groups is 1. The Kier molecular flexibility index (Phi) is 7.98. The maximum Gasteiger partial charge on any atom is 0.307 e. The lowest BCUT2D eigenvalue weighted by atomic mass is 9.83. The third-order valence-electron chi connectivity index (χ3n) is 8.54. The first kappa shape index (κ1) is 28.0. The van der Waals surface area contributed by atoms with Crippen molar-refractivity contribution in [2.24, 2.45) is 16.9 Å². The van der Waals surface area contributed by atoms with E-state index in [0.717, 1.165) is 53.5 Å². The van der Waals surface area contributed by atoms with Gasteiger partial charge in [-0.2, -0.15) is 0 Å². The summed E-state index contributed by atoms with van der Waals surface area (Å²) in [6.07, 6.45) is 5.07. The predicted molar refractivity (Wildman–Crippen MR) is 159 cm³/mol. The number of aliphatic carboxylic acids is 1. The van der Waals surface area contributed by atoms with Crippen LogP contribution in [-0.4, -0.2) is 40.4 Å². The smallest absolute Gasteiger partial charge is 0.307 e. The number of carbonyl (C=O) groups is 3. The van der Waals surface area contributed by atoms with Crippen molar-refractivity contribution < 1.29 is 24.2 Å². The number of hydrogen-bond acceptors (Lipinski definition) is 5. The lowest BCUT2D eigenvalue weighted by molar-refractivity contribution is -0.141. The maximum absolute atomic E-state index is 13.8. The Morgan fingerprint density at radius 2 is 1.76 bits per heavy atom.